The monoisotopic (exact) mass is 296 g/mol. The maximum absolute atomic E-state index is 13.3. The van der Waals surface area contributed by atoms with Crippen molar-refractivity contribution in [2.75, 3.05) is 6.54 Å². The van der Waals surface area contributed by atoms with Crippen LogP contribution < -0.4 is 5.32 Å². The Morgan fingerprint density at radius 2 is 2.20 bits per heavy atom. The van der Waals surface area contributed by atoms with Crippen LogP contribution in [0.15, 0.2) is 24.4 Å². The summed E-state index contributed by atoms with van der Waals surface area (Å²) in [6, 6.07) is 4.67. The van der Waals surface area contributed by atoms with Gasteiger partial charge in [-0.3, -0.25) is 0 Å². The van der Waals surface area contributed by atoms with Crippen LogP contribution in [-0.2, 0) is 6.54 Å². The minimum Gasteiger partial charge on any atom is -0.305 e. The number of halogens is 2. The second-order valence-electron chi connectivity index (χ2n) is 4.55. The second-order valence-corrected chi connectivity index (χ2v) is 4.95. The van der Waals surface area contributed by atoms with Crippen molar-refractivity contribution >= 4 is 11.6 Å². The second kappa shape index (κ2) is 6.81. The number of aromatic nitrogens is 3. The Kier molecular flexibility index (Phi) is 5.09. The van der Waals surface area contributed by atoms with Gasteiger partial charge in [-0.25, -0.2) is 9.07 Å². The van der Waals surface area contributed by atoms with Crippen LogP contribution in [0.3, 0.4) is 0 Å². The van der Waals surface area contributed by atoms with Crippen molar-refractivity contribution in [1.82, 2.24) is 20.3 Å². The lowest BCUT2D eigenvalue weighted by Crippen LogP contribution is -2.25. The standard InChI is InChI=1S/C14H18ClFN4/c1-3-7-20-13(9-18-19-20)14(17-4-2)10-5-6-12(16)11(15)8-10/h5-6,8-9,14,17H,3-4,7H2,1-2H3. The van der Waals surface area contributed by atoms with Gasteiger partial charge in [-0.15, -0.1) is 5.10 Å². The molecule has 2 aromatic rings. The molecule has 0 amide bonds. The molecular formula is C14H18ClFN4. The summed E-state index contributed by atoms with van der Waals surface area (Å²) in [5.41, 5.74) is 1.86. The number of benzene rings is 1. The summed E-state index contributed by atoms with van der Waals surface area (Å²) in [5, 5.41) is 11.6. The summed E-state index contributed by atoms with van der Waals surface area (Å²) in [6.07, 6.45) is 2.71. The van der Waals surface area contributed by atoms with E-state index in [-0.39, 0.29) is 11.1 Å². The quantitative estimate of drug-likeness (QED) is 0.890. The Hall–Kier alpha value is -1.46. The van der Waals surface area contributed by atoms with E-state index < -0.39 is 5.82 Å². The number of hydrogen-bond acceptors (Lipinski definition) is 3. The molecule has 0 aliphatic rings. The zero-order chi connectivity index (χ0) is 14.5. The van der Waals surface area contributed by atoms with E-state index in [0.717, 1.165) is 30.8 Å². The van der Waals surface area contributed by atoms with Crippen molar-refractivity contribution < 1.29 is 4.39 Å². The summed E-state index contributed by atoms with van der Waals surface area (Å²) in [7, 11) is 0. The molecule has 20 heavy (non-hydrogen) atoms. The number of aryl methyl sites for hydroxylation is 1. The molecule has 0 saturated carbocycles. The SMILES string of the molecule is CCCn1nncc1C(NCC)c1ccc(F)c(Cl)c1. The predicted molar refractivity (Wildman–Crippen MR) is 77.2 cm³/mol. The smallest absolute Gasteiger partial charge is 0.141 e. The lowest BCUT2D eigenvalue weighted by atomic mass is 10.0. The molecule has 6 heteroatoms. The van der Waals surface area contributed by atoms with Crippen LogP contribution >= 0.6 is 11.6 Å². The molecule has 1 N–H and O–H groups in total. The van der Waals surface area contributed by atoms with E-state index >= 15 is 0 Å². The van der Waals surface area contributed by atoms with E-state index in [1.54, 1.807) is 18.3 Å². The fraction of sp³-hybridized carbons (Fsp3) is 0.429. The molecule has 1 heterocycles. The summed E-state index contributed by atoms with van der Waals surface area (Å²) in [5.74, 6) is -0.411. The first-order valence-corrected chi connectivity index (χ1v) is 7.11. The number of nitrogens with one attached hydrogen (secondary N) is 1. The van der Waals surface area contributed by atoms with E-state index in [1.807, 2.05) is 11.6 Å². The van der Waals surface area contributed by atoms with Crippen LogP contribution in [0, 0.1) is 5.82 Å². The molecule has 1 aromatic heterocycles. The fourth-order valence-corrected chi connectivity index (χ4v) is 2.35. The Morgan fingerprint density at radius 1 is 1.40 bits per heavy atom. The van der Waals surface area contributed by atoms with Gasteiger partial charge >= 0.3 is 0 Å². The highest BCUT2D eigenvalue weighted by atomic mass is 35.5. The highest BCUT2D eigenvalue weighted by Crippen LogP contribution is 2.25. The van der Waals surface area contributed by atoms with Crippen molar-refractivity contribution in [3.63, 3.8) is 0 Å². The van der Waals surface area contributed by atoms with Crippen LogP contribution in [0.4, 0.5) is 4.39 Å². The molecule has 0 radical (unpaired) electrons. The van der Waals surface area contributed by atoms with Crippen molar-refractivity contribution in [3.8, 4) is 0 Å². The minimum absolute atomic E-state index is 0.0975. The van der Waals surface area contributed by atoms with Gasteiger partial charge in [-0.05, 0) is 30.7 Å². The third-order valence-electron chi connectivity index (χ3n) is 3.06. The van der Waals surface area contributed by atoms with Crippen molar-refractivity contribution in [3.05, 3.63) is 46.5 Å². The van der Waals surface area contributed by atoms with Crippen molar-refractivity contribution in [2.24, 2.45) is 0 Å². The molecule has 1 unspecified atom stereocenters. The summed E-state index contributed by atoms with van der Waals surface area (Å²) < 4.78 is 15.2. The van der Waals surface area contributed by atoms with E-state index in [1.165, 1.54) is 6.07 Å². The first kappa shape index (κ1) is 14.9. The van der Waals surface area contributed by atoms with Crippen molar-refractivity contribution in [2.45, 2.75) is 32.9 Å². The molecule has 0 saturated heterocycles. The highest BCUT2D eigenvalue weighted by Gasteiger charge is 2.19. The van der Waals surface area contributed by atoms with Gasteiger partial charge in [-0.2, -0.15) is 0 Å². The van der Waals surface area contributed by atoms with E-state index in [9.17, 15) is 4.39 Å². The largest absolute Gasteiger partial charge is 0.305 e. The van der Waals surface area contributed by atoms with E-state index in [4.69, 9.17) is 11.6 Å². The van der Waals surface area contributed by atoms with Gasteiger partial charge in [0.05, 0.1) is 23.0 Å². The molecule has 0 bridgehead atoms. The fourth-order valence-electron chi connectivity index (χ4n) is 2.16. The Balaban J connectivity index is 2.39. The Morgan fingerprint density at radius 3 is 2.85 bits per heavy atom. The predicted octanol–water partition coefficient (Wildman–Crippen LogP) is 3.18. The number of rotatable bonds is 6. The van der Waals surface area contributed by atoms with Gasteiger partial charge in [0.2, 0.25) is 0 Å². The molecule has 0 aliphatic carbocycles. The third kappa shape index (κ3) is 3.16. The molecule has 0 spiro atoms. The normalized spacial score (nSPS) is 12.6. The van der Waals surface area contributed by atoms with E-state index in [2.05, 4.69) is 22.6 Å². The zero-order valence-electron chi connectivity index (χ0n) is 11.6. The molecule has 0 fully saturated rings. The summed E-state index contributed by atoms with van der Waals surface area (Å²) >= 11 is 5.88. The minimum atomic E-state index is -0.411. The Labute approximate surface area is 122 Å². The summed E-state index contributed by atoms with van der Waals surface area (Å²) in [4.78, 5) is 0. The topological polar surface area (TPSA) is 42.7 Å². The van der Waals surface area contributed by atoms with Gasteiger partial charge < -0.3 is 5.32 Å². The number of hydrogen-bond donors (Lipinski definition) is 1. The molecule has 4 nitrogen and oxygen atoms in total. The molecule has 1 aromatic carbocycles. The highest BCUT2D eigenvalue weighted by molar-refractivity contribution is 6.30. The van der Waals surface area contributed by atoms with Crippen LogP contribution in [0.2, 0.25) is 5.02 Å². The Bertz CT molecular complexity index is 570. The summed E-state index contributed by atoms with van der Waals surface area (Å²) in [6.45, 7) is 5.68. The first-order valence-electron chi connectivity index (χ1n) is 6.74. The lowest BCUT2D eigenvalue weighted by Gasteiger charge is -2.19. The molecule has 108 valence electrons. The average Bonchev–Trinajstić information content (AvgIpc) is 2.88. The maximum atomic E-state index is 13.3. The van der Waals surface area contributed by atoms with Crippen LogP contribution in [0.25, 0.3) is 0 Å². The molecular weight excluding hydrogens is 279 g/mol. The molecule has 1 atom stereocenters. The van der Waals surface area contributed by atoms with Crippen LogP contribution in [0.5, 0.6) is 0 Å². The van der Waals surface area contributed by atoms with Gasteiger partial charge in [0.25, 0.3) is 0 Å². The molecule has 2 rings (SSSR count). The van der Waals surface area contributed by atoms with Gasteiger partial charge in [0, 0.05) is 6.54 Å². The van der Waals surface area contributed by atoms with Crippen LogP contribution in [-0.4, -0.2) is 21.5 Å². The lowest BCUT2D eigenvalue weighted by molar-refractivity contribution is 0.511. The van der Waals surface area contributed by atoms with Gasteiger partial charge in [0.15, 0.2) is 0 Å². The zero-order valence-corrected chi connectivity index (χ0v) is 12.4. The van der Waals surface area contributed by atoms with Gasteiger partial charge in [0.1, 0.15) is 5.82 Å². The van der Waals surface area contributed by atoms with Crippen molar-refractivity contribution in [1.29, 1.82) is 0 Å². The van der Waals surface area contributed by atoms with E-state index in [0.29, 0.717) is 0 Å². The molecule has 0 aliphatic heterocycles. The first-order chi connectivity index (χ1) is 9.67. The third-order valence-corrected chi connectivity index (χ3v) is 3.35. The van der Waals surface area contributed by atoms with Gasteiger partial charge in [-0.1, -0.05) is 36.7 Å². The maximum Gasteiger partial charge on any atom is 0.141 e. The number of nitrogens with zero attached hydrogens (tertiary/aromatic N) is 3. The average molecular weight is 297 g/mol. The van der Waals surface area contributed by atoms with Crippen LogP contribution in [0.1, 0.15) is 37.6 Å².